The molecule has 0 bridgehead atoms. The van der Waals surface area contributed by atoms with Crippen LogP contribution in [-0.2, 0) is 6.54 Å². The number of aryl methyl sites for hydroxylation is 1. The van der Waals surface area contributed by atoms with E-state index in [1.165, 1.54) is 0 Å². The predicted molar refractivity (Wildman–Crippen MR) is 101 cm³/mol. The molecular weight excluding hydrogens is 314 g/mol. The van der Waals surface area contributed by atoms with Crippen LogP contribution >= 0.6 is 0 Å². The van der Waals surface area contributed by atoms with Crippen molar-refractivity contribution in [2.75, 3.05) is 36.0 Å². The molecule has 25 heavy (non-hydrogen) atoms. The summed E-state index contributed by atoms with van der Waals surface area (Å²) in [4.78, 5) is 17.2. The molecule has 5 nitrogen and oxygen atoms in total. The highest BCUT2D eigenvalue weighted by molar-refractivity contribution is 6.08. The summed E-state index contributed by atoms with van der Waals surface area (Å²) in [5, 5.41) is 9.34. The summed E-state index contributed by atoms with van der Waals surface area (Å²) in [6.07, 6.45) is 0.861. The van der Waals surface area contributed by atoms with Crippen LogP contribution in [0.3, 0.4) is 0 Å². The molecule has 3 rings (SSSR count). The number of rotatable bonds is 4. The predicted octanol–water partition coefficient (Wildman–Crippen LogP) is 2.30. The maximum absolute atomic E-state index is 13.2. The van der Waals surface area contributed by atoms with Crippen molar-refractivity contribution in [3.8, 4) is 0 Å². The van der Waals surface area contributed by atoms with E-state index in [0.717, 1.165) is 35.5 Å². The van der Waals surface area contributed by atoms with Gasteiger partial charge in [-0.1, -0.05) is 18.2 Å². The highest BCUT2D eigenvalue weighted by Gasteiger charge is 2.25. The number of β-amino-alcohol motifs (C(OH)–C–C–N with tert-alkyl or cyclic N) is 1. The van der Waals surface area contributed by atoms with Gasteiger partial charge in [0.25, 0.3) is 5.91 Å². The number of carbonyl (C=O) groups is 1. The smallest absolute Gasteiger partial charge is 0.258 e. The van der Waals surface area contributed by atoms with Crippen LogP contribution in [0.2, 0.25) is 0 Å². The van der Waals surface area contributed by atoms with Crippen LogP contribution in [0.5, 0.6) is 0 Å². The molecule has 2 aromatic carbocycles. The number of benzene rings is 2. The first-order chi connectivity index (χ1) is 12.2. The fourth-order valence-corrected chi connectivity index (χ4v) is 3.40. The Bertz CT molecular complexity index is 760. The van der Waals surface area contributed by atoms with Crippen molar-refractivity contribution in [2.45, 2.75) is 19.9 Å². The molecule has 0 spiro atoms. The number of aliphatic hydroxyl groups is 1. The third kappa shape index (κ3) is 3.52. The molecule has 0 radical (unpaired) electrons. The second-order valence-corrected chi connectivity index (χ2v) is 6.36. The fraction of sp³-hybridized carbons (Fsp3) is 0.350. The SMILES string of the molecule is Cc1cc(C(=O)N2CCCN(CCO)c3ccccc32)ccc1CN. The number of nitrogens with two attached hydrogens (primary N) is 1. The number of para-hydroxylation sites is 2. The molecule has 1 aliphatic rings. The summed E-state index contributed by atoms with van der Waals surface area (Å²) < 4.78 is 0. The Hall–Kier alpha value is -2.37. The van der Waals surface area contributed by atoms with Gasteiger partial charge in [-0.2, -0.15) is 0 Å². The van der Waals surface area contributed by atoms with E-state index in [1.54, 1.807) is 0 Å². The molecule has 2 aromatic rings. The average Bonchev–Trinajstić information content (AvgIpc) is 2.81. The third-order valence-corrected chi connectivity index (χ3v) is 4.75. The van der Waals surface area contributed by atoms with Crippen LogP contribution in [0, 0.1) is 6.92 Å². The van der Waals surface area contributed by atoms with Crippen molar-refractivity contribution < 1.29 is 9.90 Å². The molecule has 0 atom stereocenters. The molecule has 0 aromatic heterocycles. The number of anilines is 2. The molecule has 0 aliphatic carbocycles. The topological polar surface area (TPSA) is 69.8 Å². The van der Waals surface area contributed by atoms with Gasteiger partial charge in [-0.05, 0) is 48.7 Å². The first kappa shape index (κ1) is 17.5. The number of carbonyl (C=O) groups excluding carboxylic acids is 1. The van der Waals surface area contributed by atoms with Crippen molar-refractivity contribution in [3.63, 3.8) is 0 Å². The van der Waals surface area contributed by atoms with E-state index in [4.69, 9.17) is 5.73 Å². The van der Waals surface area contributed by atoms with Crippen molar-refractivity contribution in [1.29, 1.82) is 0 Å². The van der Waals surface area contributed by atoms with Crippen molar-refractivity contribution >= 4 is 17.3 Å². The molecule has 1 aliphatic heterocycles. The molecule has 0 saturated carbocycles. The van der Waals surface area contributed by atoms with Gasteiger partial charge in [0, 0.05) is 31.7 Å². The minimum Gasteiger partial charge on any atom is -0.395 e. The zero-order valence-electron chi connectivity index (χ0n) is 14.6. The standard InChI is InChI=1S/C20H25N3O2/c1-15-13-16(7-8-17(15)14-21)20(25)23-10-4-9-22(11-12-24)18-5-2-3-6-19(18)23/h2-3,5-8,13,24H,4,9-12,14,21H2,1H3. The van der Waals surface area contributed by atoms with E-state index in [-0.39, 0.29) is 12.5 Å². The normalized spacial score (nSPS) is 14.2. The largest absolute Gasteiger partial charge is 0.395 e. The number of amides is 1. The van der Waals surface area contributed by atoms with Crippen molar-refractivity contribution in [1.82, 2.24) is 0 Å². The second-order valence-electron chi connectivity index (χ2n) is 6.36. The summed E-state index contributed by atoms with van der Waals surface area (Å²) >= 11 is 0. The minimum absolute atomic E-state index is 0.00460. The van der Waals surface area contributed by atoms with Gasteiger partial charge in [0.1, 0.15) is 0 Å². The number of fused-ring (bicyclic) bond motifs is 1. The molecular formula is C20H25N3O2. The van der Waals surface area contributed by atoms with E-state index in [2.05, 4.69) is 4.90 Å². The van der Waals surface area contributed by atoms with Crippen LogP contribution in [0.25, 0.3) is 0 Å². The maximum Gasteiger partial charge on any atom is 0.258 e. The van der Waals surface area contributed by atoms with Gasteiger partial charge in [0.05, 0.1) is 18.0 Å². The minimum atomic E-state index is 0.00460. The summed E-state index contributed by atoms with van der Waals surface area (Å²) in [6, 6.07) is 13.6. The molecule has 1 amide bonds. The van der Waals surface area contributed by atoms with Gasteiger partial charge in [-0.15, -0.1) is 0 Å². The van der Waals surface area contributed by atoms with Gasteiger partial charge < -0.3 is 20.6 Å². The Labute approximate surface area is 148 Å². The Morgan fingerprint density at radius 1 is 1.16 bits per heavy atom. The number of aliphatic hydroxyl groups excluding tert-OH is 1. The van der Waals surface area contributed by atoms with Crippen LogP contribution in [0.15, 0.2) is 42.5 Å². The van der Waals surface area contributed by atoms with Crippen LogP contribution in [0.4, 0.5) is 11.4 Å². The lowest BCUT2D eigenvalue weighted by Crippen LogP contribution is -2.31. The first-order valence-corrected chi connectivity index (χ1v) is 8.72. The average molecular weight is 339 g/mol. The number of hydrogen-bond acceptors (Lipinski definition) is 4. The molecule has 132 valence electrons. The summed E-state index contributed by atoms with van der Waals surface area (Å²) in [6.45, 7) is 4.62. The zero-order valence-corrected chi connectivity index (χ0v) is 14.6. The van der Waals surface area contributed by atoms with Gasteiger partial charge >= 0.3 is 0 Å². The van der Waals surface area contributed by atoms with Crippen LogP contribution in [0.1, 0.15) is 27.9 Å². The Balaban J connectivity index is 1.96. The lowest BCUT2D eigenvalue weighted by molar-refractivity contribution is 0.0987. The van der Waals surface area contributed by atoms with Gasteiger partial charge in [-0.25, -0.2) is 0 Å². The molecule has 3 N–H and O–H groups in total. The molecule has 0 saturated heterocycles. The highest BCUT2D eigenvalue weighted by atomic mass is 16.3. The lowest BCUT2D eigenvalue weighted by atomic mass is 10.0. The zero-order chi connectivity index (χ0) is 17.8. The number of nitrogens with zero attached hydrogens (tertiary/aromatic N) is 2. The van der Waals surface area contributed by atoms with Crippen molar-refractivity contribution in [2.24, 2.45) is 5.73 Å². The van der Waals surface area contributed by atoms with E-state index in [9.17, 15) is 9.90 Å². The third-order valence-electron chi connectivity index (χ3n) is 4.75. The quantitative estimate of drug-likeness (QED) is 0.897. The summed E-state index contributed by atoms with van der Waals surface area (Å²) in [5.74, 6) is 0.00460. The van der Waals surface area contributed by atoms with E-state index >= 15 is 0 Å². The molecule has 0 unspecified atom stereocenters. The second kappa shape index (κ2) is 7.68. The monoisotopic (exact) mass is 339 g/mol. The van der Waals surface area contributed by atoms with E-state index < -0.39 is 0 Å². The van der Waals surface area contributed by atoms with E-state index in [1.807, 2.05) is 54.3 Å². The Morgan fingerprint density at radius 2 is 1.92 bits per heavy atom. The van der Waals surface area contributed by atoms with Gasteiger partial charge in [-0.3, -0.25) is 4.79 Å². The summed E-state index contributed by atoms with van der Waals surface area (Å²) in [7, 11) is 0. The highest BCUT2D eigenvalue weighted by Crippen LogP contribution is 2.33. The van der Waals surface area contributed by atoms with Gasteiger partial charge in [0.2, 0.25) is 0 Å². The van der Waals surface area contributed by atoms with Crippen LogP contribution < -0.4 is 15.5 Å². The van der Waals surface area contributed by atoms with Crippen molar-refractivity contribution in [3.05, 3.63) is 59.2 Å². The Morgan fingerprint density at radius 3 is 2.60 bits per heavy atom. The Kier molecular flexibility index (Phi) is 5.36. The fourth-order valence-electron chi connectivity index (χ4n) is 3.40. The van der Waals surface area contributed by atoms with Gasteiger partial charge in [0.15, 0.2) is 0 Å². The summed E-state index contributed by atoms with van der Waals surface area (Å²) in [5.41, 5.74) is 10.4. The molecule has 1 heterocycles. The maximum atomic E-state index is 13.2. The van der Waals surface area contributed by atoms with Crippen LogP contribution in [-0.4, -0.2) is 37.3 Å². The molecule has 5 heteroatoms. The number of hydrogen-bond donors (Lipinski definition) is 2. The van der Waals surface area contributed by atoms with E-state index in [0.29, 0.717) is 25.2 Å². The lowest BCUT2D eigenvalue weighted by Gasteiger charge is -2.26. The first-order valence-electron chi connectivity index (χ1n) is 8.72. The molecule has 0 fully saturated rings.